The number of aliphatic carboxylic acids is 2. The van der Waals surface area contributed by atoms with Gasteiger partial charge >= 0.3 is 5.97 Å². The maximum atomic E-state index is 9.60. The summed E-state index contributed by atoms with van der Waals surface area (Å²) in [5, 5.41) is 63.0. The molecule has 1 unspecified atom stereocenters. The van der Waals surface area contributed by atoms with Crippen LogP contribution in [0.2, 0.25) is 0 Å². The minimum absolute atomic E-state index is 0.139. The summed E-state index contributed by atoms with van der Waals surface area (Å²) in [6.45, 7) is 4.33. The van der Waals surface area contributed by atoms with Gasteiger partial charge in [0.05, 0.1) is 25.9 Å². The minimum atomic E-state index is -0.954. The molecule has 0 bridgehead atoms. The highest BCUT2D eigenvalue weighted by molar-refractivity contribution is 5.74. The molecule has 0 fully saturated rings. The van der Waals surface area contributed by atoms with Gasteiger partial charge in [-0.3, -0.25) is 19.2 Å². The summed E-state index contributed by atoms with van der Waals surface area (Å²) in [6, 6.07) is 0. The first kappa shape index (κ1) is 41.9. The second kappa shape index (κ2) is 37.4. The monoisotopic (exact) mass is 450 g/mol. The van der Waals surface area contributed by atoms with E-state index in [1.54, 1.807) is 0 Å². The number of carboxylic acids is 2. The molecule has 0 aromatic rings. The number of primary amides is 2. The van der Waals surface area contributed by atoms with Crippen molar-refractivity contribution >= 4 is 23.8 Å². The molecule has 0 aromatic carbocycles. The predicted octanol–water partition coefficient (Wildman–Crippen LogP) is -3.39. The molecule has 1 atom stereocenters. The van der Waals surface area contributed by atoms with Gasteiger partial charge in [0.15, 0.2) is 0 Å². The van der Waals surface area contributed by atoms with Crippen LogP contribution in [0.4, 0.5) is 0 Å². The molecule has 0 aromatic heterocycles. The average Bonchev–Trinajstić information content (AvgIpc) is 2.61. The van der Waals surface area contributed by atoms with Gasteiger partial charge in [-0.05, 0) is 13.3 Å². The standard InChI is InChI=1S/C4H8O2.C3H8O3.C3H8O2.C2H5NO2.C2H5NO.C2H4O2/c1-2-3-4(5)6;4-1-3(6)2-5;1-3(5)2-4;3-2(5)1-4;2*1-2(3)4/h2-3H2,1H3,(H,5,6);3-6H,1-2H2;3-5H,2H2,1H3;4H,1H2,(H2,3,5);1H3,(H2,3,4);1H3,(H,3,4). The predicted molar refractivity (Wildman–Crippen MR) is 106 cm³/mol. The smallest absolute Gasteiger partial charge is 0.303 e. The second-order valence-electron chi connectivity index (χ2n) is 4.95. The number of aliphatic hydroxyl groups excluding tert-OH is 6. The Kier molecular flexibility index (Phi) is 52.2. The summed E-state index contributed by atoms with van der Waals surface area (Å²) in [7, 11) is 0. The van der Waals surface area contributed by atoms with Crippen molar-refractivity contribution in [3.05, 3.63) is 0 Å². The van der Waals surface area contributed by atoms with E-state index in [0.717, 1.165) is 13.3 Å². The molecule has 0 spiro atoms. The van der Waals surface area contributed by atoms with Crippen LogP contribution in [0.1, 0.15) is 40.5 Å². The van der Waals surface area contributed by atoms with E-state index in [9.17, 15) is 14.4 Å². The zero-order chi connectivity index (χ0) is 25.7. The molecule has 14 heteroatoms. The van der Waals surface area contributed by atoms with Crippen LogP contribution in [0.5, 0.6) is 0 Å². The van der Waals surface area contributed by atoms with Crippen LogP contribution in [0.25, 0.3) is 0 Å². The van der Waals surface area contributed by atoms with E-state index in [-0.39, 0.29) is 25.7 Å². The Labute approximate surface area is 175 Å². The van der Waals surface area contributed by atoms with Crippen molar-refractivity contribution in [1.82, 2.24) is 0 Å². The molecular weight excluding hydrogens is 412 g/mol. The van der Waals surface area contributed by atoms with Crippen LogP contribution in [0.15, 0.2) is 0 Å². The highest BCUT2D eigenvalue weighted by Crippen LogP contribution is 1.82. The van der Waals surface area contributed by atoms with Crippen molar-refractivity contribution in [3.63, 3.8) is 0 Å². The first-order valence-electron chi connectivity index (χ1n) is 8.34. The number of hydrogen-bond acceptors (Lipinski definition) is 10. The summed E-state index contributed by atoms with van der Waals surface area (Å²) in [6.07, 6.45) is -0.491. The van der Waals surface area contributed by atoms with Crippen LogP contribution >= 0.6 is 0 Å². The van der Waals surface area contributed by atoms with Crippen LogP contribution in [-0.2, 0) is 19.2 Å². The topological polar surface area (TPSA) is 282 Å². The van der Waals surface area contributed by atoms with Gasteiger partial charge in [-0.15, -0.1) is 0 Å². The van der Waals surface area contributed by atoms with Gasteiger partial charge in [0.2, 0.25) is 11.8 Å². The maximum Gasteiger partial charge on any atom is 0.303 e. The molecule has 0 heterocycles. The number of carbonyl (C=O) groups excluding carboxylic acids is 2. The number of carbonyl (C=O) groups is 4. The van der Waals surface area contributed by atoms with Gasteiger partial charge in [-0.25, -0.2) is 0 Å². The summed E-state index contributed by atoms with van der Waals surface area (Å²) in [4.78, 5) is 37.2. The maximum absolute atomic E-state index is 9.60. The highest BCUT2D eigenvalue weighted by Gasteiger charge is 1.93. The van der Waals surface area contributed by atoms with E-state index >= 15 is 0 Å². The number of amides is 2. The van der Waals surface area contributed by atoms with Gasteiger partial charge in [-0.2, -0.15) is 0 Å². The lowest BCUT2D eigenvalue weighted by Gasteiger charge is -1.96. The minimum Gasteiger partial charge on any atom is -0.481 e. The number of nitrogens with two attached hydrogens (primary N) is 2. The molecule has 0 rings (SSSR count). The second-order valence-corrected chi connectivity index (χ2v) is 4.95. The summed E-state index contributed by atoms with van der Waals surface area (Å²) >= 11 is 0. The molecule has 0 aliphatic rings. The zero-order valence-electron chi connectivity index (χ0n) is 17.8. The number of carboxylic acid groups (broad SMARTS) is 2. The average molecular weight is 450 g/mol. The van der Waals surface area contributed by atoms with Gasteiger partial charge < -0.3 is 52.3 Å². The summed E-state index contributed by atoms with van der Waals surface area (Å²) in [5.74, 6) is -2.57. The lowest BCUT2D eigenvalue weighted by molar-refractivity contribution is -0.137. The Morgan fingerprint density at radius 3 is 1.07 bits per heavy atom. The molecule has 184 valence electrons. The van der Waals surface area contributed by atoms with Crippen molar-refractivity contribution in [2.45, 2.75) is 52.7 Å². The van der Waals surface area contributed by atoms with Crippen molar-refractivity contribution in [3.8, 4) is 0 Å². The van der Waals surface area contributed by atoms with Gasteiger partial charge in [0.25, 0.3) is 5.97 Å². The van der Waals surface area contributed by atoms with E-state index in [2.05, 4.69) is 11.5 Å². The van der Waals surface area contributed by atoms with E-state index < -0.39 is 36.7 Å². The van der Waals surface area contributed by atoms with E-state index in [4.69, 9.17) is 45.6 Å². The molecule has 14 nitrogen and oxygen atoms in total. The molecular formula is C16H38N2O12. The molecule has 0 saturated carbocycles. The lowest BCUT2D eigenvalue weighted by Crippen LogP contribution is -2.15. The van der Waals surface area contributed by atoms with E-state index in [0.29, 0.717) is 6.42 Å². The van der Waals surface area contributed by atoms with Gasteiger partial charge in [0.1, 0.15) is 12.7 Å². The fraction of sp³-hybridized carbons (Fsp3) is 0.750. The fourth-order valence-electron chi connectivity index (χ4n) is 0.272. The van der Waals surface area contributed by atoms with E-state index in [1.165, 1.54) is 13.8 Å². The van der Waals surface area contributed by atoms with Crippen molar-refractivity contribution in [2.24, 2.45) is 11.5 Å². The molecule has 12 N–H and O–H groups in total. The van der Waals surface area contributed by atoms with Crippen LogP contribution in [0, 0.1) is 0 Å². The largest absolute Gasteiger partial charge is 0.481 e. The molecule has 2 amide bonds. The van der Waals surface area contributed by atoms with Gasteiger partial charge in [0, 0.05) is 20.3 Å². The first-order chi connectivity index (χ1) is 13.6. The van der Waals surface area contributed by atoms with Crippen LogP contribution < -0.4 is 11.5 Å². The molecule has 0 aliphatic heterocycles. The Morgan fingerprint density at radius 1 is 0.833 bits per heavy atom. The lowest BCUT2D eigenvalue weighted by atomic mass is 10.4. The Morgan fingerprint density at radius 2 is 1.07 bits per heavy atom. The van der Waals surface area contributed by atoms with Crippen molar-refractivity contribution in [1.29, 1.82) is 0 Å². The number of rotatable bonds is 6. The zero-order valence-corrected chi connectivity index (χ0v) is 17.8. The Balaban J connectivity index is -0.0000000580. The van der Waals surface area contributed by atoms with E-state index in [1.807, 2.05) is 6.92 Å². The third-order valence-electron chi connectivity index (χ3n) is 1.31. The molecule has 0 saturated heterocycles. The van der Waals surface area contributed by atoms with Gasteiger partial charge in [-0.1, -0.05) is 6.92 Å². The fourth-order valence-corrected chi connectivity index (χ4v) is 0.272. The van der Waals surface area contributed by atoms with Crippen LogP contribution in [0.3, 0.4) is 0 Å². The third-order valence-corrected chi connectivity index (χ3v) is 1.31. The first-order valence-corrected chi connectivity index (χ1v) is 8.34. The van der Waals surface area contributed by atoms with Crippen LogP contribution in [-0.4, -0.2) is 103 Å². The van der Waals surface area contributed by atoms with Crippen molar-refractivity contribution < 1.29 is 60.0 Å². The van der Waals surface area contributed by atoms with Crippen molar-refractivity contribution in [2.75, 3.05) is 26.4 Å². The Bertz CT molecular complexity index is 368. The molecule has 0 aliphatic carbocycles. The Hall–Kier alpha value is -2.36. The normalized spacial score (nSPS) is 9.03. The third kappa shape index (κ3) is 209. The highest BCUT2D eigenvalue weighted by atomic mass is 16.4. The molecule has 0 radical (unpaired) electrons. The number of hydrogen-bond donors (Lipinski definition) is 10. The quantitative estimate of drug-likeness (QED) is 0.189. The molecule has 30 heavy (non-hydrogen) atoms. The number of aliphatic hydroxyl groups is 6. The SMILES string of the molecule is CC(=O)O.CC(N)=O.CC(O)CO.CCCC(=O)O.NC(=O)CO.OCC(O)CO. The summed E-state index contributed by atoms with van der Waals surface area (Å²) in [5.41, 5.74) is 8.88. The summed E-state index contributed by atoms with van der Waals surface area (Å²) < 4.78 is 0.